The highest BCUT2D eigenvalue weighted by Crippen LogP contribution is 2.92. The first-order chi connectivity index (χ1) is 8.13. The predicted molar refractivity (Wildman–Crippen MR) is 63.2 cm³/mol. The first-order valence-corrected chi connectivity index (χ1v) is 6.79. The van der Waals surface area contributed by atoms with Crippen LogP contribution in [0.15, 0.2) is 11.1 Å². The first kappa shape index (κ1) is 10.1. The third-order valence-electron chi connectivity index (χ3n) is 6.38. The molecule has 0 amide bonds. The van der Waals surface area contributed by atoms with Gasteiger partial charge in [-0.15, -0.1) is 0 Å². The summed E-state index contributed by atoms with van der Waals surface area (Å²) in [4.78, 5) is 11.1. The quantitative estimate of drug-likeness (QED) is 0.727. The lowest BCUT2D eigenvalue weighted by Crippen LogP contribution is -2.66. The minimum Gasteiger partial charge on any atom is -0.481 e. The zero-order valence-electron chi connectivity index (χ0n) is 10.2. The number of rotatable bonds is 4. The summed E-state index contributed by atoms with van der Waals surface area (Å²) < 4.78 is 0. The lowest BCUT2D eigenvalue weighted by molar-refractivity contribution is -0.167. The van der Waals surface area contributed by atoms with Crippen LogP contribution in [-0.4, -0.2) is 17.6 Å². The number of allylic oxidation sites excluding steroid dienone is 2. The summed E-state index contributed by atoms with van der Waals surface area (Å²) >= 11 is 0. The topological polar surface area (TPSA) is 63.3 Å². The fraction of sp³-hybridized carbons (Fsp3) is 0.786. The average Bonchev–Trinajstić information content (AvgIpc) is 2.69. The van der Waals surface area contributed by atoms with Crippen LogP contribution in [0.25, 0.3) is 0 Å². The molecule has 0 heterocycles. The monoisotopic (exact) mass is 233 g/mol. The molecule has 5 atom stereocenters. The van der Waals surface area contributed by atoms with Crippen LogP contribution in [0.4, 0.5) is 0 Å². The molecular weight excluding hydrogens is 214 g/mol. The van der Waals surface area contributed by atoms with Gasteiger partial charge in [0.25, 0.3) is 0 Å². The predicted octanol–water partition coefficient (Wildman–Crippen LogP) is 1.78. The maximum atomic E-state index is 11.1. The number of carbonyl (C=O) groups is 1. The zero-order valence-corrected chi connectivity index (χ0v) is 10.2. The first-order valence-electron chi connectivity index (χ1n) is 6.79. The van der Waals surface area contributed by atoms with Crippen molar-refractivity contribution in [2.45, 2.75) is 32.6 Å². The van der Waals surface area contributed by atoms with E-state index in [1.807, 2.05) is 0 Å². The van der Waals surface area contributed by atoms with Crippen LogP contribution >= 0.6 is 0 Å². The Balaban J connectivity index is 1.72. The van der Waals surface area contributed by atoms with Gasteiger partial charge in [-0.25, -0.2) is 0 Å². The van der Waals surface area contributed by atoms with Gasteiger partial charge in [-0.05, 0) is 43.6 Å². The highest BCUT2D eigenvalue weighted by atomic mass is 16.4. The molecule has 0 saturated heterocycles. The van der Waals surface area contributed by atoms with Crippen molar-refractivity contribution in [2.75, 3.05) is 6.54 Å². The molecule has 3 nitrogen and oxygen atoms in total. The number of hydrogen-bond donors (Lipinski definition) is 2. The molecule has 0 aliphatic heterocycles. The van der Waals surface area contributed by atoms with Gasteiger partial charge in [0.15, 0.2) is 0 Å². The van der Waals surface area contributed by atoms with E-state index in [1.54, 1.807) is 11.1 Å². The van der Waals surface area contributed by atoms with Crippen LogP contribution < -0.4 is 5.73 Å². The lowest BCUT2D eigenvalue weighted by Gasteiger charge is -2.66. The second-order valence-electron chi connectivity index (χ2n) is 6.37. The Morgan fingerprint density at radius 2 is 2.35 bits per heavy atom. The Kier molecular flexibility index (Phi) is 1.55. The molecule has 1 spiro atoms. The minimum absolute atomic E-state index is 0.0806. The molecular formula is C14H19NO2. The number of aliphatic carboxylic acids is 1. The normalized spacial score (nSPS) is 52.5. The third kappa shape index (κ3) is 0.752. The minimum atomic E-state index is -0.669. The zero-order chi connectivity index (χ0) is 12.0. The molecule has 1 unspecified atom stereocenters. The van der Waals surface area contributed by atoms with Crippen molar-refractivity contribution < 1.29 is 9.90 Å². The molecule has 4 aliphatic carbocycles. The molecule has 3 N–H and O–H groups in total. The van der Waals surface area contributed by atoms with Crippen molar-refractivity contribution >= 4 is 5.97 Å². The maximum absolute atomic E-state index is 11.1. The van der Waals surface area contributed by atoms with E-state index in [9.17, 15) is 4.79 Å². The van der Waals surface area contributed by atoms with Crippen molar-refractivity contribution in [1.29, 1.82) is 0 Å². The van der Waals surface area contributed by atoms with Gasteiger partial charge in [0.05, 0.1) is 6.42 Å². The number of hydrogen-bond acceptors (Lipinski definition) is 2. The summed E-state index contributed by atoms with van der Waals surface area (Å²) in [6.45, 7) is 2.80. The Morgan fingerprint density at radius 3 is 2.94 bits per heavy atom. The molecule has 3 fully saturated rings. The van der Waals surface area contributed by atoms with Crippen molar-refractivity contribution in [3.8, 4) is 0 Å². The average molecular weight is 233 g/mol. The standard InChI is InChI=1S/C14H19NO2/c1-2-7-10-12-11-8(3-4-14(7,10)11)13(12,6-15)5-9(16)17/h8,11-12H,2-6,15H2,1H3,(H,16,17)/t8-,11+,12+,13+,14?/m0/s1. The van der Waals surface area contributed by atoms with Crippen molar-refractivity contribution in [1.82, 2.24) is 0 Å². The molecule has 3 saturated carbocycles. The van der Waals surface area contributed by atoms with Gasteiger partial charge in [0, 0.05) is 10.8 Å². The van der Waals surface area contributed by atoms with Gasteiger partial charge in [-0.1, -0.05) is 18.1 Å². The fourth-order valence-electron chi connectivity index (χ4n) is 6.00. The maximum Gasteiger partial charge on any atom is 0.303 e. The Hall–Kier alpha value is -0.830. The van der Waals surface area contributed by atoms with Gasteiger partial charge in [-0.2, -0.15) is 0 Å². The van der Waals surface area contributed by atoms with E-state index < -0.39 is 5.97 Å². The van der Waals surface area contributed by atoms with Gasteiger partial charge in [0.1, 0.15) is 0 Å². The molecule has 3 heteroatoms. The Morgan fingerprint density at radius 1 is 1.59 bits per heavy atom. The third-order valence-corrected chi connectivity index (χ3v) is 6.38. The molecule has 4 aliphatic rings. The summed E-state index contributed by atoms with van der Waals surface area (Å²) in [6.07, 6.45) is 3.95. The van der Waals surface area contributed by atoms with Crippen LogP contribution in [0, 0.1) is 28.6 Å². The second kappa shape index (κ2) is 2.61. The summed E-state index contributed by atoms with van der Waals surface area (Å²) in [5.74, 6) is 1.26. The molecule has 4 rings (SSSR count). The van der Waals surface area contributed by atoms with E-state index in [0.29, 0.717) is 23.8 Å². The van der Waals surface area contributed by atoms with Crippen molar-refractivity contribution in [3.05, 3.63) is 11.1 Å². The van der Waals surface area contributed by atoms with Crippen LogP contribution in [0.1, 0.15) is 32.6 Å². The lowest BCUT2D eigenvalue weighted by atomic mass is 9.37. The van der Waals surface area contributed by atoms with Gasteiger partial charge in [-0.3, -0.25) is 4.79 Å². The summed E-state index contributed by atoms with van der Waals surface area (Å²) in [5.41, 5.74) is 9.72. The number of nitrogens with two attached hydrogens (primary N) is 1. The molecule has 0 aromatic rings. The van der Waals surface area contributed by atoms with Crippen LogP contribution in [0.3, 0.4) is 0 Å². The number of carboxylic acid groups (broad SMARTS) is 1. The SMILES string of the molecule is CCC1=C2[C@@H]3[C@H]4[C@H](CCC124)[C@]3(CN)CC(=O)O. The summed E-state index contributed by atoms with van der Waals surface area (Å²) in [7, 11) is 0. The van der Waals surface area contributed by atoms with Crippen molar-refractivity contribution in [2.24, 2.45) is 34.3 Å². The van der Waals surface area contributed by atoms with Gasteiger partial charge in [0.2, 0.25) is 0 Å². The van der Waals surface area contributed by atoms with E-state index in [4.69, 9.17) is 10.8 Å². The fourth-order valence-corrected chi connectivity index (χ4v) is 6.00. The summed E-state index contributed by atoms with van der Waals surface area (Å²) in [5, 5.41) is 9.15. The molecule has 17 heavy (non-hydrogen) atoms. The van der Waals surface area contributed by atoms with Gasteiger partial charge >= 0.3 is 5.97 Å². The molecule has 0 radical (unpaired) electrons. The Bertz CT molecular complexity index is 469. The van der Waals surface area contributed by atoms with E-state index in [2.05, 4.69) is 6.92 Å². The highest BCUT2D eigenvalue weighted by molar-refractivity contribution is 5.72. The molecule has 0 aromatic heterocycles. The van der Waals surface area contributed by atoms with E-state index in [0.717, 1.165) is 5.92 Å². The second-order valence-corrected chi connectivity index (χ2v) is 6.37. The molecule has 0 aromatic carbocycles. The van der Waals surface area contributed by atoms with Crippen LogP contribution in [0.2, 0.25) is 0 Å². The van der Waals surface area contributed by atoms with E-state index in [-0.39, 0.29) is 11.8 Å². The van der Waals surface area contributed by atoms with Crippen LogP contribution in [0.5, 0.6) is 0 Å². The highest BCUT2D eigenvalue weighted by Gasteiger charge is 2.86. The Labute approximate surface area is 101 Å². The van der Waals surface area contributed by atoms with E-state index in [1.165, 1.54) is 19.3 Å². The summed E-state index contributed by atoms with van der Waals surface area (Å²) in [6, 6.07) is 0. The number of fused-ring (bicyclic) bond motifs is 1. The van der Waals surface area contributed by atoms with E-state index >= 15 is 0 Å². The number of carboxylic acids is 1. The molecule has 0 bridgehead atoms. The smallest absolute Gasteiger partial charge is 0.303 e. The van der Waals surface area contributed by atoms with Crippen molar-refractivity contribution in [3.63, 3.8) is 0 Å². The largest absolute Gasteiger partial charge is 0.481 e. The molecule has 92 valence electrons. The van der Waals surface area contributed by atoms with Gasteiger partial charge < -0.3 is 10.8 Å². The van der Waals surface area contributed by atoms with Crippen LogP contribution in [-0.2, 0) is 4.79 Å².